The summed E-state index contributed by atoms with van der Waals surface area (Å²) in [5, 5.41) is 0. The van der Waals surface area contributed by atoms with Crippen LogP contribution in [0.4, 0.5) is 0 Å². The molecule has 2 heterocycles. The van der Waals surface area contributed by atoms with Crippen molar-refractivity contribution in [2.45, 2.75) is 18.5 Å². The van der Waals surface area contributed by atoms with E-state index in [1.54, 1.807) is 24.3 Å². The minimum absolute atomic E-state index is 0.0896. The van der Waals surface area contributed by atoms with E-state index in [0.29, 0.717) is 9.80 Å². The molecular weight excluding hydrogens is 432 g/mol. The molecule has 0 aliphatic carbocycles. The quantitative estimate of drug-likeness (QED) is 0.472. The predicted octanol–water partition coefficient (Wildman–Crippen LogP) is 1.05. The molecule has 0 unspecified atom stereocenters. The van der Waals surface area contributed by atoms with Crippen molar-refractivity contribution in [2.24, 2.45) is 0 Å². The summed E-state index contributed by atoms with van der Waals surface area (Å²) < 4.78 is 9.57. The van der Waals surface area contributed by atoms with Crippen molar-refractivity contribution in [3.05, 3.63) is 70.8 Å². The average molecular weight is 450 g/mol. The number of ether oxygens (including phenoxy) is 2. The molecule has 2 atom stereocenters. The summed E-state index contributed by atoms with van der Waals surface area (Å²) in [4.78, 5) is 78.5. The standard InChI is InChI=1S/C23H18N2O8/c1-32-22(30)16(24-18(26)12-7-3-4-8-13(12)19(24)27)11-17(23(31)33-2)25-20(28)14-9-5-6-10-15(14)21(25)29/h3-10,16-17H,11H2,1-2H3/t16-,17-/m0/s1. The Morgan fingerprint density at radius 1 is 0.636 bits per heavy atom. The Labute approximate surface area is 187 Å². The number of carbonyl (C=O) groups excluding carboxylic acids is 6. The molecule has 10 heteroatoms. The van der Waals surface area contributed by atoms with Gasteiger partial charge >= 0.3 is 11.9 Å². The van der Waals surface area contributed by atoms with E-state index < -0.39 is 54.1 Å². The number of methoxy groups -OCH3 is 2. The molecule has 2 aliphatic heterocycles. The van der Waals surface area contributed by atoms with Gasteiger partial charge in [0.1, 0.15) is 12.1 Å². The van der Waals surface area contributed by atoms with Gasteiger partial charge in [-0.3, -0.25) is 29.0 Å². The summed E-state index contributed by atoms with van der Waals surface area (Å²) >= 11 is 0. The van der Waals surface area contributed by atoms with Crippen LogP contribution in [0.15, 0.2) is 48.5 Å². The van der Waals surface area contributed by atoms with Crippen LogP contribution >= 0.6 is 0 Å². The van der Waals surface area contributed by atoms with Crippen LogP contribution in [0, 0.1) is 0 Å². The molecule has 0 radical (unpaired) electrons. The van der Waals surface area contributed by atoms with Gasteiger partial charge in [0.15, 0.2) is 0 Å². The predicted molar refractivity (Wildman–Crippen MR) is 110 cm³/mol. The number of imide groups is 2. The Morgan fingerprint density at radius 3 is 1.15 bits per heavy atom. The third-order valence-corrected chi connectivity index (χ3v) is 5.67. The lowest BCUT2D eigenvalue weighted by molar-refractivity contribution is -0.149. The Morgan fingerprint density at radius 2 is 0.909 bits per heavy atom. The van der Waals surface area contributed by atoms with Crippen LogP contribution in [0.1, 0.15) is 47.9 Å². The van der Waals surface area contributed by atoms with Crippen LogP contribution in [0.25, 0.3) is 0 Å². The molecule has 0 saturated carbocycles. The summed E-state index contributed by atoms with van der Waals surface area (Å²) in [6.45, 7) is 0. The van der Waals surface area contributed by atoms with E-state index >= 15 is 0 Å². The Balaban J connectivity index is 1.73. The van der Waals surface area contributed by atoms with Crippen molar-refractivity contribution >= 4 is 35.6 Å². The van der Waals surface area contributed by atoms with Gasteiger partial charge in [-0.05, 0) is 24.3 Å². The van der Waals surface area contributed by atoms with E-state index in [1.165, 1.54) is 24.3 Å². The lowest BCUT2D eigenvalue weighted by Crippen LogP contribution is -2.53. The molecule has 2 aromatic carbocycles. The Hall–Kier alpha value is -4.34. The van der Waals surface area contributed by atoms with Crippen LogP contribution in [0.5, 0.6) is 0 Å². The first-order chi connectivity index (χ1) is 15.8. The zero-order valence-electron chi connectivity index (χ0n) is 17.6. The third kappa shape index (κ3) is 3.36. The largest absolute Gasteiger partial charge is 0.467 e. The van der Waals surface area contributed by atoms with Crippen LogP contribution < -0.4 is 0 Å². The fraction of sp³-hybridized carbons (Fsp3) is 0.217. The van der Waals surface area contributed by atoms with Gasteiger partial charge in [-0.15, -0.1) is 0 Å². The van der Waals surface area contributed by atoms with Gasteiger partial charge < -0.3 is 9.47 Å². The summed E-state index contributed by atoms with van der Waals surface area (Å²) in [5.74, 6) is -4.99. The number of hydrogen-bond acceptors (Lipinski definition) is 8. The lowest BCUT2D eigenvalue weighted by atomic mass is 10.0. The molecule has 2 aliphatic rings. The van der Waals surface area contributed by atoms with E-state index in [9.17, 15) is 28.8 Å². The number of esters is 2. The smallest absolute Gasteiger partial charge is 0.329 e. The molecule has 0 N–H and O–H groups in total. The van der Waals surface area contributed by atoms with Crippen LogP contribution in [0.3, 0.4) is 0 Å². The number of fused-ring (bicyclic) bond motifs is 2. The highest BCUT2D eigenvalue weighted by atomic mass is 16.5. The average Bonchev–Trinajstić information content (AvgIpc) is 3.24. The second-order valence-corrected chi connectivity index (χ2v) is 7.37. The number of nitrogens with zero attached hydrogens (tertiary/aromatic N) is 2. The fourth-order valence-corrected chi connectivity index (χ4v) is 4.08. The van der Waals surface area contributed by atoms with Gasteiger partial charge in [-0.2, -0.15) is 0 Å². The van der Waals surface area contributed by atoms with Crippen LogP contribution in [-0.4, -0.2) is 71.7 Å². The van der Waals surface area contributed by atoms with E-state index in [1.807, 2.05) is 0 Å². The molecule has 0 spiro atoms. The topological polar surface area (TPSA) is 127 Å². The van der Waals surface area contributed by atoms with Crippen molar-refractivity contribution in [3.8, 4) is 0 Å². The Kier molecular flexibility index (Phi) is 5.50. The van der Waals surface area contributed by atoms with Crippen molar-refractivity contribution in [2.75, 3.05) is 14.2 Å². The van der Waals surface area contributed by atoms with Crippen molar-refractivity contribution in [1.29, 1.82) is 0 Å². The first-order valence-electron chi connectivity index (χ1n) is 9.91. The molecule has 10 nitrogen and oxygen atoms in total. The maximum absolute atomic E-state index is 13.0. The van der Waals surface area contributed by atoms with Gasteiger partial charge in [0, 0.05) is 6.42 Å². The first kappa shape index (κ1) is 21.9. The van der Waals surface area contributed by atoms with E-state index in [-0.39, 0.29) is 22.3 Å². The van der Waals surface area contributed by atoms with Gasteiger partial charge in [0.2, 0.25) is 0 Å². The number of rotatable bonds is 6. The van der Waals surface area contributed by atoms with Crippen molar-refractivity contribution < 1.29 is 38.2 Å². The highest BCUT2D eigenvalue weighted by molar-refractivity contribution is 6.24. The molecule has 0 bridgehead atoms. The summed E-state index contributed by atoms with van der Waals surface area (Å²) in [5.41, 5.74) is 0.358. The van der Waals surface area contributed by atoms with Crippen molar-refractivity contribution in [1.82, 2.24) is 9.80 Å². The minimum atomic E-state index is -1.59. The maximum Gasteiger partial charge on any atom is 0.329 e. The van der Waals surface area contributed by atoms with Gasteiger partial charge in [-0.1, -0.05) is 24.3 Å². The molecule has 0 saturated heterocycles. The monoisotopic (exact) mass is 450 g/mol. The number of amides is 4. The highest BCUT2D eigenvalue weighted by Crippen LogP contribution is 2.30. The molecule has 4 amide bonds. The normalized spacial score (nSPS) is 16.4. The minimum Gasteiger partial charge on any atom is -0.467 e. The van der Waals surface area contributed by atoms with Crippen LogP contribution in [-0.2, 0) is 19.1 Å². The number of benzene rings is 2. The molecule has 168 valence electrons. The van der Waals surface area contributed by atoms with E-state index in [4.69, 9.17) is 9.47 Å². The van der Waals surface area contributed by atoms with Gasteiger partial charge in [0.05, 0.1) is 36.5 Å². The molecule has 0 aromatic heterocycles. The maximum atomic E-state index is 13.0. The van der Waals surface area contributed by atoms with Gasteiger partial charge in [0.25, 0.3) is 23.6 Å². The van der Waals surface area contributed by atoms with Crippen LogP contribution in [0.2, 0.25) is 0 Å². The van der Waals surface area contributed by atoms with E-state index in [0.717, 1.165) is 14.2 Å². The molecule has 0 fully saturated rings. The molecular formula is C23H18N2O8. The SMILES string of the molecule is COC(=O)[C@H](C[C@@H](C(=O)OC)N1C(=O)c2ccccc2C1=O)N1C(=O)c2ccccc2C1=O. The second-order valence-electron chi connectivity index (χ2n) is 7.37. The Bertz CT molecular complexity index is 1060. The highest BCUT2D eigenvalue weighted by Gasteiger charge is 2.49. The second kappa shape index (κ2) is 8.30. The molecule has 2 aromatic rings. The van der Waals surface area contributed by atoms with E-state index in [2.05, 4.69) is 0 Å². The van der Waals surface area contributed by atoms with Gasteiger partial charge in [-0.25, -0.2) is 9.59 Å². The number of hydrogen-bond donors (Lipinski definition) is 0. The fourth-order valence-electron chi connectivity index (χ4n) is 4.08. The summed E-state index contributed by atoms with van der Waals surface area (Å²) in [7, 11) is 2.12. The summed E-state index contributed by atoms with van der Waals surface area (Å²) in [6, 6.07) is 8.84. The van der Waals surface area contributed by atoms with Crippen molar-refractivity contribution in [3.63, 3.8) is 0 Å². The molecule has 4 rings (SSSR count). The number of carbonyl (C=O) groups is 6. The zero-order valence-corrected chi connectivity index (χ0v) is 17.6. The first-order valence-corrected chi connectivity index (χ1v) is 9.91. The zero-order chi connectivity index (χ0) is 23.9. The lowest BCUT2D eigenvalue weighted by Gasteiger charge is -2.30. The summed E-state index contributed by atoms with van der Waals surface area (Å²) in [6.07, 6.45) is -0.587. The third-order valence-electron chi connectivity index (χ3n) is 5.67. The molecule has 33 heavy (non-hydrogen) atoms.